The van der Waals surface area contributed by atoms with Crippen molar-refractivity contribution < 1.29 is 9.53 Å². The first-order chi connectivity index (χ1) is 7.06. The van der Waals surface area contributed by atoms with E-state index in [0.29, 0.717) is 12.5 Å². The Labute approximate surface area is 92.6 Å². The number of likely N-dealkylation sites (N-methyl/N-ethyl adjacent to an activating group) is 1. The van der Waals surface area contributed by atoms with Crippen molar-refractivity contribution in [1.82, 2.24) is 5.32 Å². The van der Waals surface area contributed by atoms with Crippen LogP contribution in [0.1, 0.15) is 46.5 Å². The van der Waals surface area contributed by atoms with Crippen molar-refractivity contribution in [1.29, 1.82) is 0 Å². The Morgan fingerprint density at radius 3 is 2.53 bits per heavy atom. The van der Waals surface area contributed by atoms with Gasteiger partial charge in [0.05, 0.1) is 6.61 Å². The minimum atomic E-state index is -0.548. The van der Waals surface area contributed by atoms with Crippen LogP contribution in [0.3, 0.4) is 0 Å². The Balaban J connectivity index is 2.27. The van der Waals surface area contributed by atoms with E-state index in [-0.39, 0.29) is 5.97 Å². The van der Waals surface area contributed by atoms with E-state index in [1.54, 1.807) is 0 Å². The minimum Gasteiger partial charge on any atom is -0.464 e. The van der Waals surface area contributed by atoms with Gasteiger partial charge in [-0.3, -0.25) is 4.79 Å². The minimum absolute atomic E-state index is 0.128. The second kappa shape index (κ2) is 5.50. The molecule has 0 aromatic rings. The summed E-state index contributed by atoms with van der Waals surface area (Å²) in [4.78, 5) is 11.7. The van der Waals surface area contributed by atoms with Crippen molar-refractivity contribution >= 4 is 5.97 Å². The predicted molar refractivity (Wildman–Crippen MR) is 60.7 cm³/mol. The van der Waals surface area contributed by atoms with E-state index in [0.717, 1.165) is 6.54 Å². The highest BCUT2D eigenvalue weighted by atomic mass is 16.5. The van der Waals surface area contributed by atoms with Crippen LogP contribution in [0.15, 0.2) is 0 Å². The van der Waals surface area contributed by atoms with Crippen molar-refractivity contribution in [3.05, 3.63) is 0 Å². The average molecular weight is 213 g/mol. The molecule has 0 aromatic carbocycles. The van der Waals surface area contributed by atoms with Gasteiger partial charge in [0.1, 0.15) is 5.54 Å². The molecule has 0 saturated heterocycles. The molecule has 1 aliphatic carbocycles. The van der Waals surface area contributed by atoms with Crippen molar-refractivity contribution in [2.45, 2.75) is 52.0 Å². The highest BCUT2D eigenvalue weighted by Gasteiger charge is 2.29. The van der Waals surface area contributed by atoms with Gasteiger partial charge in [-0.25, -0.2) is 0 Å². The number of carbonyl (C=O) groups excluding carboxylic acids is 1. The Morgan fingerprint density at radius 1 is 1.40 bits per heavy atom. The van der Waals surface area contributed by atoms with Crippen molar-refractivity contribution in [3.8, 4) is 0 Å². The summed E-state index contributed by atoms with van der Waals surface area (Å²) in [6.45, 7) is 7.12. The normalized spacial score (nSPS) is 18.1. The van der Waals surface area contributed by atoms with Gasteiger partial charge in [-0.05, 0) is 39.2 Å². The van der Waals surface area contributed by atoms with E-state index in [1.165, 1.54) is 25.7 Å². The van der Waals surface area contributed by atoms with Crippen LogP contribution in [0.4, 0.5) is 0 Å². The lowest BCUT2D eigenvalue weighted by Crippen LogP contribution is -2.47. The highest BCUT2D eigenvalue weighted by Crippen LogP contribution is 2.25. The molecule has 0 unspecified atom stereocenters. The molecule has 0 atom stereocenters. The lowest BCUT2D eigenvalue weighted by Gasteiger charge is -2.24. The van der Waals surface area contributed by atoms with Gasteiger partial charge < -0.3 is 10.1 Å². The van der Waals surface area contributed by atoms with Gasteiger partial charge in [0, 0.05) is 0 Å². The molecular formula is C12H23NO2. The molecule has 15 heavy (non-hydrogen) atoms. The Kier molecular flexibility index (Phi) is 4.58. The lowest BCUT2D eigenvalue weighted by molar-refractivity contribution is -0.151. The summed E-state index contributed by atoms with van der Waals surface area (Å²) in [6.07, 6.45) is 5.02. The molecule has 3 nitrogen and oxygen atoms in total. The summed E-state index contributed by atoms with van der Waals surface area (Å²) in [6, 6.07) is 0. The number of esters is 1. The van der Waals surface area contributed by atoms with Gasteiger partial charge in [-0.2, -0.15) is 0 Å². The third kappa shape index (κ3) is 3.82. The van der Waals surface area contributed by atoms with E-state index < -0.39 is 5.54 Å². The molecule has 0 aliphatic heterocycles. The summed E-state index contributed by atoms with van der Waals surface area (Å²) in [7, 11) is 0. The third-order valence-corrected chi connectivity index (χ3v) is 3.05. The molecule has 0 bridgehead atoms. The maximum atomic E-state index is 11.7. The zero-order chi connectivity index (χ0) is 11.3. The highest BCUT2D eigenvalue weighted by molar-refractivity contribution is 5.79. The Hall–Kier alpha value is -0.570. The fourth-order valence-corrected chi connectivity index (χ4v) is 2.07. The van der Waals surface area contributed by atoms with E-state index in [9.17, 15) is 4.79 Å². The fraction of sp³-hybridized carbons (Fsp3) is 0.917. The fourth-order valence-electron chi connectivity index (χ4n) is 2.07. The standard InChI is InChI=1S/C12H23NO2/c1-4-13-12(2,3)11(14)15-9-10-7-5-6-8-10/h10,13H,4-9H2,1-3H3. The first kappa shape index (κ1) is 12.5. The lowest BCUT2D eigenvalue weighted by atomic mass is 10.1. The van der Waals surface area contributed by atoms with Gasteiger partial charge in [0.25, 0.3) is 0 Å². The number of hydrogen-bond acceptors (Lipinski definition) is 3. The zero-order valence-electron chi connectivity index (χ0n) is 10.1. The maximum absolute atomic E-state index is 11.7. The van der Waals surface area contributed by atoms with E-state index >= 15 is 0 Å². The quantitative estimate of drug-likeness (QED) is 0.711. The summed E-state index contributed by atoms with van der Waals surface area (Å²) >= 11 is 0. The number of carbonyl (C=O) groups is 1. The Bertz CT molecular complexity index is 208. The molecule has 1 N–H and O–H groups in total. The molecule has 1 saturated carbocycles. The molecule has 0 aromatic heterocycles. The number of rotatable bonds is 5. The maximum Gasteiger partial charge on any atom is 0.325 e. The van der Waals surface area contributed by atoms with E-state index in [4.69, 9.17) is 4.74 Å². The third-order valence-electron chi connectivity index (χ3n) is 3.05. The molecule has 0 heterocycles. The second-order valence-corrected chi connectivity index (χ2v) is 4.90. The smallest absolute Gasteiger partial charge is 0.325 e. The van der Waals surface area contributed by atoms with E-state index in [1.807, 2.05) is 20.8 Å². The number of ether oxygens (including phenoxy) is 1. The van der Waals surface area contributed by atoms with Gasteiger partial charge >= 0.3 is 5.97 Å². The molecule has 3 heteroatoms. The molecule has 1 rings (SSSR count). The van der Waals surface area contributed by atoms with Crippen LogP contribution in [-0.4, -0.2) is 24.7 Å². The number of nitrogens with one attached hydrogen (secondary N) is 1. The molecular weight excluding hydrogens is 190 g/mol. The van der Waals surface area contributed by atoms with Crippen LogP contribution in [0.5, 0.6) is 0 Å². The van der Waals surface area contributed by atoms with Gasteiger partial charge in [0.15, 0.2) is 0 Å². The first-order valence-electron chi connectivity index (χ1n) is 5.98. The van der Waals surface area contributed by atoms with Crippen LogP contribution >= 0.6 is 0 Å². The molecule has 0 radical (unpaired) electrons. The largest absolute Gasteiger partial charge is 0.464 e. The zero-order valence-corrected chi connectivity index (χ0v) is 10.1. The molecule has 0 amide bonds. The van der Waals surface area contributed by atoms with Crippen LogP contribution in [0, 0.1) is 5.92 Å². The van der Waals surface area contributed by atoms with Gasteiger partial charge in [-0.1, -0.05) is 19.8 Å². The SMILES string of the molecule is CCNC(C)(C)C(=O)OCC1CCCC1. The van der Waals surface area contributed by atoms with Crippen LogP contribution < -0.4 is 5.32 Å². The average Bonchev–Trinajstić information content (AvgIpc) is 2.66. The van der Waals surface area contributed by atoms with Crippen molar-refractivity contribution in [2.75, 3.05) is 13.2 Å². The van der Waals surface area contributed by atoms with Crippen LogP contribution in [0.25, 0.3) is 0 Å². The van der Waals surface area contributed by atoms with Gasteiger partial charge in [0.2, 0.25) is 0 Å². The van der Waals surface area contributed by atoms with Crippen molar-refractivity contribution in [2.24, 2.45) is 5.92 Å². The summed E-state index contributed by atoms with van der Waals surface area (Å²) in [5.41, 5.74) is -0.548. The molecule has 0 spiro atoms. The first-order valence-corrected chi connectivity index (χ1v) is 5.98. The Morgan fingerprint density at radius 2 is 2.00 bits per heavy atom. The van der Waals surface area contributed by atoms with Gasteiger partial charge in [-0.15, -0.1) is 0 Å². The summed E-state index contributed by atoms with van der Waals surface area (Å²) in [5.74, 6) is 0.475. The molecule has 1 aliphatic rings. The molecule has 88 valence electrons. The van der Waals surface area contributed by atoms with Crippen LogP contribution in [-0.2, 0) is 9.53 Å². The topological polar surface area (TPSA) is 38.3 Å². The summed E-state index contributed by atoms with van der Waals surface area (Å²) in [5, 5.41) is 3.12. The molecule has 1 fully saturated rings. The van der Waals surface area contributed by atoms with Crippen LogP contribution in [0.2, 0.25) is 0 Å². The summed E-state index contributed by atoms with van der Waals surface area (Å²) < 4.78 is 5.34. The van der Waals surface area contributed by atoms with E-state index in [2.05, 4.69) is 5.32 Å². The van der Waals surface area contributed by atoms with Crippen molar-refractivity contribution in [3.63, 3.8) is 0 Å². The second-order valence-electron chi connectivity index (χ2n) is 4.90. The predicted octanol–water partition coefficient (Wildman–Crippen LogP) is 2.11. The monoisotopic (exact) mass is 213 g/mol. The number of hydrogen-bond donors (Lipinski definition) is 1.